The lowest BCUT2D eigenvalue weighted by atomic mass is 9.86. The summed E-state index contributed by atoms with van der Waals surface area (Å²) in [7, 11) is 5.07. The second-order valence-corrected chi connectivity index (χ2v) is 6.22. The fraction of sp³-hybridized carbons (Fsp3) is 0.684. The summed E-state index contributed by atoms with van der Waals surface area (Å²) >= 11 is 0. The van der Waals surface area contributed by atoms with Crippen LogP contribution in [0.15, 0.2) is 6.07 Å². The second kappa shape index (κ2) is 8.44. The van der Waals surface area contributed by atoms with Gasteiger partial charge in [0.2, 0.25) is 5.75 Å². The minimum atomic E-state index is 0.592. The first-order chi connectivity index (χ1) is 11.2. The highest BCUT2D eigenvalue weighted by Crippen LogP contribution is 2.44. The molecule has 0 radical (unpaired) electrons. The average Bonchev–Trinajstić information content (AvgIpc) is 2.59. The number of hydrogen-bond donors (Lipinski definition) is 0. The van der Waals surface area contributed by atoms with E-state index in [1.807, 2.05) is 0 Å². The number of fused-ring (bicyclic) bond motifs is 1. The van der Waals surface area contributed by atoms with Gasteiger partial charge in [-0.05, 0) is 56.8 Å². The fourth-order valence-corrected chi connectivity index (χ4v) is 3.74. The summed E-state index contributed by atoms with van der Waals surface area (Å²) in [6.45, 7) is 6.86. The number of rotatable bonds is 8. The highest BCUT2D eigenvalue weighted by Gasteiger charge is 2.29. The molecule has 2 rings (SSSR count). The first kappa shape index (κ1) is 17.9. The first-order valence-corrected chi connectivity index (χ1v) is 8.74. The van der Waals surface area contributed by atoms with Crippen molar-refractivity contribution in [2.24, 2.45) is 0 Å². The smallest absolute Gasteiger partial charge is 0.203 e. The van der Waals surface area contributed by atoms with E-state index in [1.54, 1.807) is 21.3 Å². The molecule has 4 nitrogen and oxygen atoms in total. The molecule has 0 aromatic heterocycles. The lowest BCUT2D eigenvalue weighted by Gasteiger charge is -2.36. The Morgan fingerprint density at radius 3 is 2.17 bits per heavy atom. The predicted octanol–water partition coefficient (Wildman–Crippen LogP) is 3.69. The first-order valence-electron chi connectivity index (χ1n) is 8.74. The lowest BCUT2D eigenvalue weighted by molar-refractivity contribution is 0.178. The van der Waals surface area contributed by atoms with E-state index < -0.39 is 0 Å². The standard InChI is InChI=1S/C19H31NO3/c1-6-10-20(11-7-2)15-9-8-14-12-17(21-3)19(23-5)18(22-4)16(14)13-15/h12,15H,6-11,13H2,1-5H3. The van der Waals surface area contributed by atoms with Crippen LogP contribution in [0.4, 0.5) is 0 Å². The van der Waals surface area contributed by atoms with Gasteiger partial charge in [-0.15, -0.1) is 0 Å². The normalized spacial score (nSPS) is 17.0. The van der Waals surface area contributed by atoms with Gasteiger partial charge in [0.05, 0.1) is 21.3 Å². The average molecular weight is 321 g/mol. The Kier molecular flexibility index (Phi) is 6.58. The Morgan fingerprint density at radius 2 is 1.65 bits per heavy atom. The highest BCUT2D eigenvalue weighted by molar-refractivity contribution is 5.60. The molecule has 130 valence electrons. The number of nitrogens with zero attached hydrogens (tertiary/aromatic N) is 1. The van der Waals surface area contributed by atoms with Gasteiger partial charge in [-0.3, -0.25) is 0 Å². The maximum absolute atomic E-state index is 5.70. The molecule has 1 atom stereocenters. The summed E-state index contributed by atoms with van der Waals surface area (Å²) in [5.41, 5.74) is 2.63. The van der Waals surface area contributed by atoms with E-state index in [9.17, 15) is 0 Å². The minimum absolute atomic E-state index is 0.592. The monoisotopic (exact) mass is 321 g/mol. The second-order valence-electron chi connectivity index (χ2n) is 6.22. The molecule has 1 unspecified atom stereocenters. The molecule has 0 saturated carbocycles. The van der Waals surface area contributed by atoms with Crippen molar-refractivity contribution in [3.63, 3.8) is 0 Å². The van der Waals surface area contributed by atoms with Crippen LogP contribution in [0.1, 0.15) is 44.2 Å². The van der Waals surface area contributed by atoms with Crippen LogP contribution in [0.3, 0.4) is 0 Å². The SMILES string of the molecule is CCCN(CCC)C1CCc2cc(OC)c(OC)c(OC)c2C1. The van der Waals surface area contributed by atoms with Gasteiger partial charge < -0.3 is 19.1 Å². The van der Waals surface area contributed by atoms with Crippen LogP contribution in [0.25, 0.3) is 0 Å². The van der Waals surface area contributed by atoms with Gasteiger partial charge >= 0.3 is 0 Å². The summed E-state index contributed by atoms with van der Waals surface area (Å²) in [6, 6.07) is 2.71. The quantitative estimate of drug-likeness (QED) is 0.730. The zero-order valence-electron chi connectivity index (χ0n) is 15.3. The van der Waals surface area contributed by atoms with Gasteiger partial charge in [0.1, 0.15) is 0 Å². The molecule has 0 bridgehead atoms. The number of aryl methyl sites for hydroxylation is 1. The van der Waals surface area contributed by atoms with E-state index >= 15 is 0 Å². The fourth-order valence-electron chi connectivity index (χ4n) is 3.74. The molecular weight excluding hydrogens is 290 g/mol. The van der Waals surface area contributed by atoms with Crippen LogP contribution in [0, 0.1) is 0 Å². The third kappa shape index (κ3) is 3.74. The van der Waals surface area contributed by atoms with Crippen LogP contribution in [0.2, 0.25) is 0 Å². The molecule has 1 aromatic rings. The van der Waals surface area contributed by atoms with Crippen LogP contribution >= 0.6 is 0 Å². The van der Waals surface area contributed by atoms with Crippen molar-refractivity contribution in [2.45, 2.75) is 52.0 Å². The van der Waals surface area contributed by atoms with Crippen molar-refractivity contribution in [2.75, 3.05) is 34.4 Å². The van der Waals surface area contributed by atoms with E-state index in [1.165, 1.54) is 43.5 Å². The maximum atomic E-state index is 5.70. The minimum Gasteiger partial charge on any atom is -0.493 e. The number of methoxy groups -OCH3 is 3. The molecule has 1 aromatic carbocycles. The zero-order valence-corrected chi connectivity index (χ0v) is 15.3. The van der Waals surface area contributed by atoms with Crippen LogP contribution in [0.5, 0.6) is 17.2 Å². The summed E-state index contributed by atoms with van der Waals surface area (Å²) < 4.78 is 16.7. The Hall–Kier alpha value is -1.42. The lowest BCUT2D eigenvalue weighted by Crippen LogP contribution is -2.40. The van der Waals surface area contributed by atoms with Crippen LogP contribution in [-0.4, -0.2) is 45.4 Å². The summed E-state index contributed by atoms with van der Waals surface area (Å²) in [4.78, 5) is 2.64. The summed E-state index contributed by atoms with van der Waals surface area (Å²) in [5, 5.41) is 0. The number of ether oxygens (including phenoxy) is 3. The molecule has 0 fully saturated rings. The van der Waals surface area contributed by atoms with Crippen molar-refractivity contribution >= 4 is 0 Å². The van der Waals surface area contributed by atoms with Crippen molar-refractivity contribution < 1.29 is 14.2 Å². The molecule has 1 aliphatic rings. The largest absolute Gasteiger partial charge is 0.493 e. The van der Waals surface area contributed by atoms with E-state index in [4.69, 9.17) is 14.2 Å². The highest BCUT2D eigenvalue weighted by atomic mass is 16.5. The Morgan fingerprint density at radius 1 is 1.00 bits per heavy atom. The van der Waals surface area contributed by atoms with E-state index in [0.717, 1.165) is 24.3 Å². The van der Waals surface area contributed by atoms with Crippen LogP contribution in [-0.2, 0) is 12.8 Å². The maximum Gasteiger partial charge on any atom is 0.203 e. The summed E-state index contributed by atoms with van der Waals surface area (Å²) in [6.07, 6.45) is 5.70. The number of hydrogen-bond acceptors (Lipinski definition) is 4. The van der Waals surface area contributed by atoms with Crippen molar-refractivity contribution in [1.82, 2.24) is 4.90 Å². The van der Waals surface area contributed by atoms with Gasteiger partial charge in [-0.25, -0.2) is 0 Å². The topological polar surface area (TPSA) is 30.9 Å². The zero-order chi connectivity index (χ0) is 16.8. The third-order valence-electron chi connectivity index (χ3n) is 4.75. The molecule has 0 spiro atoms. The molecule has 0 heterocycles. The number of benzene rings is 1. The molecule has 0 saturated heterocycles. The van der Waals surface area contributed by atoms with E-state index in [0.29, 0.717) is 11.8 Å². The van der Waals surface area contributed by atoms with Gasteiger partial charge in [-0.1, -0.05) is 13.8 Å². The molecule has 0 amide bonds. The Balaban J connectivity index is 2.35. The Bertz CT molecular complexity index is 510. The molecule has 23 heavy (non-hydrogen) atoms. The van der Waals surface area contributed by atoms with Crippen molar-refractivity contribution in [3.8, 4) is 17.2 Å². The van der Waals surface area contributed by atoms with Gasteiger partial charge in [0.25, 0.3) is 0 Å². The van der Waals surface area contributed by atoms with E-state index in [-0.39, 0.29) is 0 Å². The third-order valence-corrected chi connectivity index (χ3v) is 4.75. The summed E-state index contributed by atoms with van der Waals surface area (Å²) in [5.74, 6) is 2.33. The van der Waals surface area contributed by atoms with E-state index in [2.05, 4.69) is 24.8 Å². The van der Waals surface area contributed by atoms with Crippen LogP contribution < -0.4 is 14.2 Å². The molecule has 1 aliphatic carbocycles. The van der Waals surface area contributed by atoms with Crippen molar-refractivity contribution in [3.05, 3.63) is 17.2 Å². The molecule has 0 aliphatic heterocycles. The molecular formula is C19H31NO3. The van der Waals surface area contributed by atoms with Gasteiger partial charge in [0, 0.05) is 11.6 Å². The predicted molar refractivity (Wildman–Crippen MR) is 94.1 cm³/mol. The van der Waals surface area contributed by atoms with Crippen molar-refractivity contribution in [1.29, 1.82) is 0 Å². The molecule has 0 N–H and O–H groups in total. The Labute approximate surface area is 140 Å². The van der Waals surface area contributed by atoms with Gasteiger partial charge in [0.15, 0.2) is 11.5 Å². The molecule has 4 heteroatoms. The van der Waals surface area contributed by atoms with Gasteiger partial charge in [-0.2, -0.15) is 0 Å².